The van der Waals surface area contributed by atoms with Gasteiger partial charge in [0.15, 0.2) is 0 Å². The predicted molar refractivity (Wildman–Crippen MR) is 97.4 cm³/mol. The topological polar surface area (TPSA) is 111 Å². The van der Waals surface area contributed by atoms with Crippen molar-refractivity contribution < 1.29 is 9.59 Å². The van der Waals surface area contributed by atoms with E-state index in [-0.39, 0.29) is 6.03 Å². The van der Waals surface area contributed by atoms with Gasteiger partial charge >= 0.3 is 6.03 Å². The Morgan fingerprint density at radius 2 is 2.19 bits per heavy atom. The van der Waals surface area contributed by atoms with Gasteiger partial charge in [-0.15, -0.1) is 0 Å². The summed E-state index contributed by atoms with van der Waals surface area (Å²) in [7, 11) is 1.85. The Balaban J connectivity index is 1.88. The molecule has 0 aliphatic rings. The van der Waals surface area contributed by atoms with E-state index in [0.29, 0.717) is 31.6 Å². The van der Waals surface area contributed by atoms with Gasteiger partial charge in [-0.1, -0.05) is 6.07 Å². The van der Waals surface area contributed by atoms with Crippen molar-refractivity contribution in [2.45, 2.75) is 13.0 Å². The molecular weight excluding hydrogens is 332 g/mol. The number of urea groups is 1. The lowest BCUT2D eigenvalue weighted by molar-refractivity contribution is -0.109. The van der Waals surface area contributed by atoms with Crippen LogP contribution >= 0.6 is 0 Å². The molecule has 0 saturated carbocycles. The van der Waals surface area contributed by atoms with E-state index in [9.17, 15) is 9.59 Å². The molecule has 0 aliphatic heterocycles. The average Bonchev–Trinajstić information content (AvgIpc) is 2.68. The van der Waals surface area contributed by atoms with E-state index < -0.39 is 5.92 Å². The molecule has 0 bridgehead atoms. The van der Waals surface area contributed by atoms with Crippen LogP contribution < -0.4 is 15.5 Å². The minimum Gasteiger partial charge on any atom is -0.374 e. The maximum Gasteiger partial charge on any atom is 0.320 e. The molecule has 0 saturated heterocycles. The first-order valence-corrected chi connectivity index (χ1v) is 8.09. The van der Waals surface area contributed by atoms with Gasteiger partial charge in [-0.05, 0) is 24.6 Å². The lowest BCUT2D eigenvalue weighted by atomic mass is 10.1. The van der Waals surface area contributed by atoms with Gasteiger partial charge in [0.2, 0.25) is 0 Å². The second kappa shape index (κ2) is 9.74. The number of aromatic nitrogens is 2. The van der Waals surface area contributed by atoms with Crippen molar-refractivity contribution in [2.75, 3.05) is 23.8 Å². The Morgan fingerprint density at radius 3 is 2.88 bits per heavy atom. The number of rotatable bonds is 8. The predicted octanol–water partition coefficient (Wildman–Crippen LogP) is 1.96. The third kappa shape index (κ3) is 5.87. The minimum absolute atomic E-state index is 0.313. The van der Waals surface area contributed by atoms with Crippen LogP contribution in [0.3, 0.4) is 0 Å². The number of anilines is 2. The van der Waals surface area contributed by atoms with Crippen LogP contribution in [0.4, 0.5) is 16.3 Å². The Morgan fingerprint density at radius 1 is 1.35 bits per heavy atom. The third-order valence-corrected chi connectivity index (χ3v) is 3.69. The van der Waals surface area contributed by atoms with E-state index in [4.69, 9.17) is 5.26 Å². The van der Waals surface area contributed by atoms with Crippen molar-refractivity contribution in [3.63, 3.8) is 0 Å². The fourth-order valence-electron chi connectivity index (χ4n) is 2.18. The number of nitriles is 1. The Bertz CT molecular complexity index is 775. The van der Waals surface area contributed by atoms with Crippen LogP contribution in [0.15, 0.2) is 42.7 Å². The van der Waals surface area contributed by atoms with Gasteiger partial charge in [0.05, 0.1) is 18.3 Å². The number of carbonyl (C=O) groups excluding carboxylic acids is 2. The molecule has 8 heteroatoms. The number of carbonyl (C=O) groups is 2. The highest BCUT2D eigenvalue weighted by Crippen LogP contribution is 2.17. The molecule has 2 rings (SSSR count). The molecule has 2 N–H and O–H groups in total. The zero-order valence-corrected chi connectivity index (χ0v) is 14.4. The van der Waals surface area contributed by atoms with Crippen LogP contribution in [0.25, 0.3) is 0 Å². The second-order valence-electron chi connectivity index (χ2n) is 5.61. The Hall–Kier alpha value is -3.47. The van der Waals surface area contributed by atoms with Crippen molar-refractivity contribution in [3.05, 3.63) is 48.4 Å². The summed E-state index contributed by atoms with van der Waals surface area (Å²) in [6, 6.07) is 10.6. The van der Waals surface area contributed by atoms with E-state index in [1.54, 1.807) is 24.5 Å². The van der Waals surface area contributed by atoms with Crippen LogP contribution in [0.2, 0.25) is 0 Å². The first-order valence-electron chi connectivity index (χ1n) is 8.09. The lowest BCUT2D eigenvalue weighted by Gasteiger charge is -2.20. The highest BCUT2D eigenvalue weighted by molar-refractivity contribution is 5.88. The summed E-state index contributed by atoms with van der Waals surface area (Å²) in [5, 5.41) is 14.2. The van der Waals surface area contributed by atoms with Crippen molar-refractivity contribution in [2.24, 2.45) is 5.92 Å². The second-order valence-corrected chi connectivity index (χ2v) is 5.61. The minimum atomic E-state index is -0.616. The summed E-state index contributed by atoms with van der Waals surface area (Å²) in [4.78, 5) is 32.8. The summed E-state index contributed by atoms with van der Waals surface area (Å²) in [6.07, 6.45) is 4.34. The van der Waals surface area contributed by atoms with E-state index in [0.717, 1.165) is 11.4 Å². The summed E-state index contributed by atoms with van der Waals surface area (Å²) >= 11 is 0. The maximum absolute atomic E-state index is 12.0. The van der Waals surface area contributed by atoms with Gasteiger partial charge < -0.3 is 15.0 Å². The molecule has 0 spiro atoms. The molecule has 1 unspecified atom stereocenters. The Labute approximate surface area is 151 Å². The SMILES string of the molecule is CN(CCC(C#N)C=O)c1ccnc(NC(=O)NCc2ccccn2)c1. The van der Waals surface area contributed by atoms with Crippen LogP contribution in [0, 0.1) is 17.2 Å². The van der Waals surface area contributed by atoms with E-state index in [1.165, 1.54) is 0 Å². The third-order valence-electron chi connectivity index (χ3n) is 3.69. The first kappa shape index (κ1) is 18.9. The number of nitrogens with one attached hydrogen (secondary N) is 2. The largest absolute Gasteiger partial charge is 0.374 e. The fourth-order valence-corrected chi connectivity index (χ4v) is 2.18. The number of hydrogen-bond donors (Lipinski definition) is 2. The smallest absolute Gasteiger partial charge is 0.320 e. The number of nitrogens with zero attached hydrogens (tertiary/aromatic N) is 4. The molecule has 134 valence electrons. The summed E-state index contributed by atoms with van der Waals surface area (Å²) in [5.74, 6) is -0.214. The van der Waals surface area contributed by atoms with Crippen molar-refractivity contribution >= 4 is 23.8 Å². The molecule has 1 atom stereocenters. The highest BCUT2D eigenvalue weighted by atomic mass is 16.2. The molecule has 0 fully saturated rings. The molecule has 2 aromatic heterocycles. The molecule has 0 aliphatic carbocycles. The normalized spacial score (nSPS) is 11.1. The quantitative estimate of drug-likeness (QED) is 0.703. The van der Waals surface area contributed by atoms with Crippen LogP contribution in [-0.4, -0.2) is 35.9 Å². The molecule has 26 heavy (non-hydrogen) atoms. The van der Waals surface area contributed by atoms with Crippen molar-refractivity contribution in [3.8, 4) is 6.07 Å². The lowest BCUT2D eigenvalue weighted by Crippen LogP contribution is -2.29. The Kier molecular flexibility index (Phi) is 7.06. The van der Waals surface area contributed by atoms with E-state index in [1.807, 2.05) is 36.2 Å². The molecule has 0 radical (unpaired) electrons. The summed E-state index contributed by atoms with van der Waals surface area (Å²) in [5.41, 5.74) is 1.58. The van der Waals surface area contributed by atoms with Gasteiger partial charge in [0.25, 0.3) is 0 Å². The number of pyridine rings is 2. The van der Waals surface area contributed by atoms with Gasteiger partial charge in [0.1, 0.15) is 18.0 Å². The fraction of sp³-hybridized carbons (Fsp3) is 0.278. The molecule has 2 amide bonds. The maximum atomic E-state index is 12.0. The van der Waals surface area contributed by atoms with Crippen LogP contribution in [0.5, 0.6) is 0 Å². The van der Waals surface area contributed by atoms with Gasteiger partial charge in [-0.2, -0.15) is 5.26 Å². The number of aldehydes is 1. The van der Waals surface area contributed by atoms with Gasteiger partial charge in [0, 0.05) is 37.7 Å². The molecule has 2 aromatic rings. The summed E-state index contributed by atoms with van der Waals surface area (Å²) in [6.45, 7) is 0.847. The van der Waals surface area contributed by atoms with E-state index >= 15 is 0 Å². The van der Waals surface area contributed by atoms with E-state index in [2.05, 4.69) is 20.6 Å². The summed E-state index contributed by atoms with van der Waals surface area (Å²) < 4.78 is 0. The van der Waals surface area contributed by atoms with Crippen LogP contribution in [0.1, 0.15) is 12.1 Å². The van der Waals surface area contributed by atoms with Crippen molar-refractivity contribution in [1.29, 1.82) is 5.26 Å². The monoisotopic (exact) mass is 352 g/mol. The molecule has 2 heterocycles. The molecule has 8 nitrogen and oxygen atoms in total. The number of hydrogen-bond acceptors (Lipinski definition) is 6. The molecule has 0 aromatic carbocycles. The first-order chi connectivity index (χ1) is 12.6. The number of amides is 2. The van der Waals surface area contributed by atoms with Gasteiger partial charge in [-0.3, -0.25) is 10.3 Å². The zero-order chi connectivity index (χ0) is 18.8. The highest BCUT2D eigenvalue weighted by Gasteiger charge is 2.10. The average molecular weight is 352 g/mol. The van der Waals surface area contributed by atoms with Crippen LogP contribution in [-0.2, 0) is 11.3 Å². The zero-order valence-electron chi connectivity index (χ0n) is 14.4. The van der Waals surface area contributed by atoms with Crippen molar-refractivity contribution in [1.82, 2.24) is 15.3 Å². The van der Waals surface area contributed by atoms with Gasteiger partial charge in [-0.25, -0.2) is 9.78 Å². The standard InChI is InChI=1S/C18H20N6O2/c1-24(9-6-14(11-19)13-25)16-5-8-21-17(10-16)23-18(26)22-12-15-4-2-3-7-20-15/h2-5,7-8,10,13-14H,6,9,12H2,1H3,(H2,21,22,23,26). The molecular formula is C18H20N6O2.